The minimum atomic E-state index is 0.363. The van der Waals surface area contributed by atoms with E-state index in [4.69, 9.17) is 4.52 Å². The van der Waals surface area contributed by atoms with Crippen molar-refractivity contribution in [1.29, 1.82) is 0 Å². The lowest BCUT2D eigenvalue weighted by Gasteiger charge is -2.18. The summed E-state index contributed by atoms with van der Waals surface area (Å²) in [5.74, 6) is 1.60. The maximum absolute atomic E-state index is 5.31. The molecule has 0 aliphatic carbocycles. The van der Waals surface area contributed by atoms with Gasteiger partial charge in [-0.05, 0) is 39.9 Å². The van der Waals surface area contributed by atoms with Crippen molar-refractivity contribution in [2.24, 2.45) is 0 Å². The predicted octanol–water partition coefficient (Wildman–Crippen LogP) is 1.38. The molecule has 96 valence electrons. The average Bonchev–Trinajstić information content (AvgIpc) is 2.95. The average molecular weight is 238 g/mol. The van der Waals surface area contributed by atoms with Gasteiger partial charge in [0.2, 0.25) is 5.89 Å². The van der Waals surface area contributed by atoms with Crippen LogP contribution in [0.2, 0.25) is 0 Å². The lowest BCUT2D eigenvalue weighted by atomic mass is 10.2. The minimum absolute atomic E-state index is 0.363. The van der Waals surface area contributed by atoms with Crippen molar-refractivity contribution in [2.45, 2.75) is 45.2 Å². The summed E-state index contributed by atoms with van der Waals surface area (Å²) >= 11 is 0. The van der Waals surface area contributed by atoms with Crippen LogP contribution in [-0.2, 0) is 6.42 Å². The third-order valence-electron chi connectivity index (χ3n) is 3.53. The van der Waals surface area contributed by atoms with E-state index in [0.29, 0.717) is 12.1 Å². The molecule has 0 aromatic carbocycles. The summed E-state index contributed by atoms with van der Waals surface area (Å²) in [5, 5.41) is 7.30. The Bertz CT molecular complexity index is 352. The minimum Gasteiger partial charge on any atom is -0.339 e. The van der Waals surface area contributed by atoms with Crippen molar-refractivity contribution in [3.8, 4) is 0 Å². The van der Waals surface area contributed by atoms with Gasteiger partial charge in [0.1, 0.15) is 0 Å². The van der Waals surface area contributed by atoms with E-state index in [1.807, 2.05) is 7.05 Å². The molecule has 1 aromatic rings. The van der Waals surface area contributed by atoms with Crippen LogP contribution in [0.5, 0.6) is 0 Å². The summed E-state index contributed by atoms with van der Waals surface area (Å²) in [6.45, 7) is 6.50. The molecule has 0 bridgehead atoms. The molecule has 1 saturated heterocycles. The Morgan fingerprint density at radius 2 is 2.41 bits per heavy atom. The summed E-state index contributed by atoms with van der Waals surface area (Å²) in [6, 6.07) is 0.733. The maximum atomic E-state index is 5.31. The number of likely N-dealkylation sites (tertiary alicyclic amines) is 1. The Hall–Kier alpha value is -0.940. The van der Waals surface area contributed by atoms with Crippen LogP contribution in [-0.4, -0.2) is 41.2 Å². The number of aromatic nitrogens is 2. The Labute approximate surface area is 103 Å². The van der Waals surface area contributed by atoms with Gasteiger partial charge in [-0.25, -0.2) is 0 Å². The van der Waals surface area contributed by atoms with Gasteiger partial charge in [-0.2, -0.15) is 4.98 Å². The Kier molecular flexibility index (Phi) is 4.12. The smallest absolute Gasteiger partial charge is 0.228 e. The van der Waals surface area contributed by atoms with Crippen molar-refractivity contribution in [2.75, 3.05) is 20.1 Å². The number of nitrogens with zero attached hydrogens (tertiary/aromatic N) is 3. The Morgan fingerprint density at radius 1 is 1.59 bits per heavy atom. The quantitative estimate of drug-likeness (QED) is 0.840. The largest absolute Gasteiger partial charge is 0.339 e. The van der Waals surface area contributed by atoms with Crippen LogP contribution in [0.3, 0.4) is 0 Å². The topological polar surface area (TPSA) is 54.2 Å². The molecule has 2 rings (SSSR count). The van der Waals surface area contributed by atoms with Gasteiger partial charge in [0.05, 0.1) is 6.04 Å². The molecule has 1 aromatic heterocycles. The van der Waals surface area contributed by atoms with Crippen molar-refractivity contribution in [3.63, 3.8) is 0 Å². The zero-order chi connectivity index (χ0) is 12.3. The Morgan fingerprint density at radius 3 is 3.12 bits per heavy atom. The first kappa shape index (κ1) is 12.5. The molecule has 2 unspecified atom stereocenters. The SMILES string of the molecule is CCN1CCCC1c1noc(CC(C)NC)n1. The van der Waals surface area contributed by atoms with Crippen LogP contribution in [0, 0.1) is 0 Å². The second-order valence-electron chi connectivity index (χ2n) is 4.73. The van der Waals surface area contributed by atoms with Gasteiger partial charge in [0, 0.05) is 12.5 Å². The van der Waals surface area contributed by atoms with Gasteiger partial charge in [0.25, 0.3) is 0 Å². The fourth-order valence-corrected chi connectivity index (χ4v) is 2.35. The number of hydrogen-bond acceptors (Lipinski definition) is 5. The van der Waals surface area contributed by atoms with Gasteiger partial charge in [-0.15, -0.1) is 0 Å². The second-order valence-corrected chi connectivity index (χ2v) is 4.73. The van der Waals surface area contributed by atoms with Gasteiger partial charge in [0.15, 0.2) is 5.82 Å². The van der Waals surface area contributed by atoms with Gasteiger partial charge < -0.3 is 9.84 Å². The van der Waals surface area contributed by atoms with Gasteiger partial charge in [-0.3, -0.25) is 4.90 Å². The van der Waals surface area contributed by atoms with Crippen LogP contribution >= 0.6 is 0 Å². The molecule has 17 heavy (non-hydrogen) atoms. The predicted molar refractivity (Wildman–Crippen MR) is 65.7 cm³/mol. The first-order valence-corrected chi connectivity index (χ1v) is 6.48. The zero-order valence-corrected chi connectivity index (χ0v) is 10.9. The second kappa shape index (κ2) is 5.60. The van der Waals surface area contributed by atoms with Crippen molar-refractivity contribution in [3.05, 3.63) is 11.7 Å². The van der Waals surface area contributed by atoms with Crippen molar-refractivity contribution >= 4 is 0 Å². The van der Waals surface area contributed by atoms with Crippen molar-refractivity contribution in [1.82, 2.24) is 20.4 Å². The molecule has 1 aliphatic heterocycles. The van der Waals surface area contributed by atoms with E-state index in [0.717, 1.165) is 37.6 Å². The molecule has 1 fully saturated rings. The van der Waals surface area contributed by atoms with Crippen LogP contribution in [0.25, 0.3) is 0 Å². The monoisotopic (exact) mass is 238 g/mol. The van der Waals surface area contributed by atoms with E-state index in [2.05, 4.69) is 34.2 Å². The molecule has 0 saturated carbocycles. The highest BCUT2D eigenvalue weighted by Crippen LogP contribution is 2.29. The number of hydrogen-bond donors (Lipinski definition) is 1. The molecule has 1 N–H and O–H groups in total. The fourth-order valence-electron chi connectivity index (χ4n) is 2.35. The van der Waals surface area contributed by atoms with Gasteiger partial charge >= 0.3 is 0 Å². The van der Waals surface area contributed by atoms with E-state index >= 15 is 0 Å². The van der Waals surface area contributed by atoms with Crippen LogP contribution in [0.4, 0.5) is 0 Å². The van der Waals surface area contributed by atoms with E-state index in [1.54, 1.807) is 0 Å². The zero-order valence-electron chi connectivity index (χ0n) is 10.9. The molecule has 0 amide bonds. The third-order valence-corrected chi connectivity index (χ3v) is 3.53. The number of likely N-dealkylation sites (N-methyl/N-ethyl adjacent to an activating group) is 1. The van der Waals surface area contributed by atoms with Crippen LogP contribution < -0.4 is 5.32 Å². The van der Waals surface area contributed by atoms with Gasteiger partial charge in [-0.1, -0.05) is 12.1 Å². The first-order chi connectivity index (χ1) is 8.24. The molecule has 5 heteroatoms. The summed E-state index contributed by atoms with van der Waals surface area (Å²) in [6.07, 6.45) is 3.17. The third kappa shape index (κ3) is 2.84. The maximum Gasteiger partial charge on any atom is 0.228 e. The molecule has 0 radical (unpaired) electrons. The lowest BCUT2D eigenvalue weighted by Crippen LogP contribution is -2.24. The molecule has 1 aliphatic rings. The number of nitrogens with one attached hydrogen (secondary N) is 1. The molecular weight excluding hydrogens is 216 g/mol. The summed E-state index contributed by atoms with van der Waals surface area (Å²) in [7, 11) is 1.94. The molecular formula is C12H22N4O. The van der Waals surface area contributed by atoms with Crippen LogP contribution in [0.15, 0.2) is 4.52 Å². The summed E-state index contributed by atoms with van der Waals surface area (Å²) in [5.41, 5.74) is 0. The van der Waals surface area contributed by atoms with E-state index in [1.165, 1.54) is 6.42 Å². The highest BCUT2D eigenvalue weighted by molar-refractivity contribution is 4.98. The Balaban J connectivity index is 2.02. The van der Waals surface area contributed by atoms with E-state index in [-0.39, 0.29) is 0 Å². The molecule has 5 nitrogen and oxygen atoms in total. The normalized spacial score (nSPS) is 23.1. The van der Waals surface area contributed by atoms with Crippen molar-refractivity contribution < 1.29 is 4.52 Å². The molecule has 2 atom stereocenters. The fraction of sp³-hybridized carbons (Fsp3) is 0.833. The highest BCUT2D eigenvalue weighted by atomic mass is 16.5. The number of rotatable bonds is 5. The summed E-state index contributed by atoms with van der Waals surface area (Å²) in [4.78, 5) is 6.93. The lowest BCUT2D eigenvalue weighted by molar-refractivity contribution is 0.254. The van der Waals surface area contributed by atoms with E-state index < -0.39 is 0 Å². The first-order valence-electron chi connectivity index (χ1n) is 6.48. The highest BCUT2D eigenvalue weighted by Gasteiger charge is 2.28. The van der Waals surface area contributed by atoms with E-state index in [9.17, 15) is 0 Å². The molecule has 0 spiro atoms. The summed E-state index contributed by atoms with van der Waals surface area (Å²) < 4.78 is 5.31. The van der Waals surface area contributed by atoms with Crippen LogP contribution in [0.1, 0.15) is 44.4 Å². The molecule has 2 heterocycles. The standard InChI is InChI=1S/C12H22N4O/c1-4-16-7-5-6-10(16)12-14-11(17-15-12)8-9(2)13-3/h9-10,13H,4-8H2,1-3H3.